The fourth-order valence-corrected chi connectivity index (χ4v) is 5.13. The van der Waals surface area contributed by atoms with Gasteiger partial charge in [-0.05, 0) is 92.7 Å². The summed E-state index contributed by atoms with van der Waals surface area (Å²) in [6.45, 7) is 4.00. The molecule has 0 saturated carbocycles. The summed E-state index contributed by atoms with van der Waals surface area (Å²) in [5.74, 6) is 0.190. The van der Waals surface area contributed by atoms with Crippen LogP contribution in [0.5, 0.6) is 5.75 Å². The Balaban J connectivity index is 1.83. The van der Waals surface area contributed by atoms with E-state index in [4.69, 9.17) is 4.18 Å². The number of rotatable bonds is 6. The Kier molecular flexibility index (Phi) is 6.93. The number of nitrogens with zero attached hydrogens (tertiary/aromatic N) is 1. The molecule has 3 aromatic rings. The smallest absolute Gasteiger partial charge is 0.339 e. The van der Waals surface area contributed by atoms with Crippen molar-refractivity contribution < 1.29 is 12.6 Å². The van der Waals surface area contributed by atoms with E-state index >= 15 is 0 Å². The molecule has 0 aliphatic rings. The van der Waals surface area contributed by atoms with Crippen molar-refractivity contribution in [2.45, 2.75) is 25.2 Å². The van der Waals surface area contributed by atoms with Crippen molar-refractivity contribution in [3.8, 4) is 5.75 Å². The Morgan fingerprint density at radius 1 is 0.966 bits per heavy atom. The molecular formula is C22H19Br2NO3S. The highest BCUT2D eigenvalue weighted by Crippen LogP contribution is 2.36. The maximum absolute atomic E-state index is 12.6. The maximum Gasteiger partial charge on any atom is 0.339 e. The first-order valence-corrected chi connectivity index (χ1v) is 11.9. The summed E-state index contributed by atoms with van der Waals surface area (Å²) in [6, 6.07) is 18.0. The van der Waals surface area contributed by atoms with E-state index in [0.29, 0.717) is 8.95 Å². The molecule has 3 rings (SSSR count). The minimum Gasteiger partial charge on any atom is -0.377 e. The highest BCUT2D eigenvalue weighted by molar-refractivity contribution is 9.11. The number of benzene rings is 3. The molecule has 0 heterocycles. The third-order valence-electron chi connectivity index (χ3n) is 4.23. The number of aliphatic imine (C=N–C) groups is 1. The highest BCUT2D eigenvalue weighted by Gasteiger charge is 2.20. The molecule has 0 spiro atoms. The van der Waals surface area contributed by atoms with Gasteiger partial charge >= 0.3 is 10.1 Å². The van der Waals surface area contributed by atoms with Crippen molar-refractivity contribution in [3.63, 3.8) is 0 Å². The van der Waals surface area contributed by atoms with Crippen molar-refractivity contribution in [3.05, 3.63) is 86.3 Å². The lowest BCUT2D eigenvalue weighted by molar-refractivity contribution is 0.483. The average molecular weight is 537 g/mol. The van der Waals surface area contributed by atoms with E-state index in [1.165, 1.54) is 17.7 Å². The predicted molar refractivity (Wildman–Crippen MR) is 124 cm³/mol. The van der Waals surface area contributed by atoms with Gasteiger partial charge in [0.25, 0.3) is 0 Å². The summed E-state index contributed by atoms with van der Waals surface area (Å²) < 4.78 is 31.5. The van der Waals surface area contributed by atoms with Crippen LogP contribution in [-0.2, 0) is 16.5 Å². The van der Waals surface area contributed by atoms with Gasteiger partial charge in [0.2, 0.25) is 0 Å². The van der Waals surface area contributed by atoms with E-state index in [9.17, 15) is 8.42 Å². The monoisotopic (exact) mass is 535 g/mol. The molecule has 3 aromatic carbocycles. The third kappa shape index (κ3) is 5.56. The van der Waals surface area contributed by atoms with Gasteiger partial charge in [-0.25, -0.2) is 0 Å². The molecule has 0 bridgehead atoms. The molecule has 0 atom stereocenters. The Hall–Kier alpha value is -1.96. The van der Waals surface area contributed by atoms with Crippen LogP contribution in [0.15, 0.2) is 79.5 Å². The zero-order chi connectivity index (χ0) is 21.0. The number of aryl methyl sites for hydroxylation is 2. The quantitative estimate of drug-likeness (QED) is 0.263. The Bertz CT molecular complexity index is 1120. The highest BCUT2D eigenvalue weighted by atomic mass is 79.9. The summed E-state index contributed by atoms with van der Waals surface area (Å²) in [4.78, 5) is 4.57. The molecule has 150 valence electrons. The zero-order valence-corrected chi connectivity index (χ0v) is 19.9. The largest absolute Gasteiger partial charge is 0.377 e. The Labute approximate surface area is 188 Å². The topological polar surface area (TPSA) is 55.7 Å². The average Bonchev–Trinajstić information content (AvgIpc) is 2.70. The van der Waals surface area contributed by atoms with Crippen LogP contribution in [0.4, 0.5) is 5.69 Å². The van der Waals surface area contributed by atoms with E-state index in [1.807, 2.05) is 31.2 Å². The summed E-state index contributed by atoms with van der Waals surface area (Å²) in [6.07, 6.45) is 2.70. The van der Waals surface area contributed by atoms with E-state index in [1.54, 1.807) is 30.5 Å². The van der Waals surface area contributed by atoms with Gasteiger partial charge in [-0.15, -0.1) is 0 Å². The van der Waals surface area contributed by atoms with Crippen LogP contribution in [0.3, 0.4) is 0 Å². The second-order valence-electron chi connectivity index (χ2n) is 6.44. The molecule has 0 aliphatic carbocycles. The van der Waals surface area contributed by atoms with E-state index < -0.39 is 10.1 Å². The fraction of sp³-hybridized carbons (Fsp3) is 0.136. The van der Waals surface area contributed by atoms with Gasteiger partial charge in [0.05, 0.1) is 14.6 Å². The van der Waals surface area contributed by atoms with Crippen LogP contribution in [0, 0.1) is 6.92 Å². The summed E-state index contributed by atoms with van der Waals surface area (Å²) in [5, 5.41) is 0. The van der Waals surface area contributed by atoms with Crippen molar-refractivity contribution in [2.75, 3.05) is 0 Å². The fourth-order valence-electron chi connectivity index (χ4n) is 2.56. The van der Waals surface area contributed by atoms with Crippen LogP contribution >= 0.6 is 31.9 Å². The molecule has 0 aromatic heterocycles. The summed E-state index contributed by atoms with van der Waals surface area (Å²) in [7, 11) is -3.94. The molecular weight excluding hydrogens is 518 g/mol. The molecule has 7 heteroatoms. The molecule has 0 unspecified atom stereocenters. The van der Waals surface area contributed by atoms with Crippen molar-refractivity contribution in [1.29, 1.82) is 0 Å². The number of hydrogen-bond acceptors (Lipinski definition) is 4. The molecule has 0 saturated heterocycles. The van der Waals surface area contributed by atoms with Crippen molar-refractivity contribution >= 4 is 53.9 Å². The zero-order valence-electron chi connectivity index (χ0n) is 15.9. The van der Waals surface area contributed by atoms with E-state index in [0.717, 1.165) is 23.2 Å². The predicted octanol–water partition coefficient (Wildman–Crippen LogP) is 6.60. The standard InChI is InChI=1S/C22H19Br2NO3S/c1-3-16-6-8-18(9-7-16)25-14-17-12-20(23)22(21(24)13-17)28-29(26,27)19-10-4-15(2)5-11-19/h4-14H,3H2,1-2H3. The van der Waals surface area contributed by atoms with Gasteiger partial charge in [0.1, 0.15) is 4.90 Å². The lowest BCUT2D eigenvalue weighted by atomic mass is 10.1. The molecule has 0 radical (unpaired) electrons. The molecule has 0 fully saturated rings. The van der Waals surface area contributed by atoms with Gasteiger partial charge in [0.15, 0.2) is 5.75 Å². The summed E-state index contributed by atoms with van der Waals surface area (Å²) >= 11 is 6.80. The van der Waals surface area contributed by atoms with Crippen LogP contribution in [0.1, 0.15) is 23.6 Å². The normalized spacial score (nSPS) is 11.7. The van der Waals surface area contributed by atoms with Crippen molar-refractivity contribution in [2.24, 2.45) is 4.99 Å². The second-order valence-corrected chi connectivity index (χ2v) is 9.70. The minimum atomic E-state index is -3.94. The van der Waals surface area contributed by atoms with Gasteiger partial charge in [-0.1, -0.05) is 36.8 Å². The van der Waals surface area contributed by atoms with Gasteiger partial charge in [-0.3, -0.25) is 4.99 Å². The molecule has 0 aliphatic heterocycles. The SMILES string of the molecule is CCc1ccc(N=Cc2cc(Br)c(OS(=O)(=O)c3ccc(C)cc3)c(Br)c2)cc1. The van der Waals surface area contributed by atoms with Gasteiger partial charge < -0.3 is 4.18 Å². The van der Waals surface area contributed by atoms with E-state index in [2.05, 4.69) is 43.8 Å². The lowest BCUT2D eigenvalue weighted by Crippen LogP contribution is -2.10. The first kappa shape index (κ1) is 21.7. The first-order chi connectivity index (χ1) is 13.8. The molecule has 0 N–H and O–H groups in total. The van der Waals surface area contributed by atoms with Crippen LogP contribution in [0.25, 0.3) is 0 Å². The summed E-state index contributed by atoms with van der Waals surface area (Å²) in [5.41, 5.74) is 3.87. The van der Waals surface area contributed by atoms with Crippen LogP contribution in [0.2, 0.25) is 0 Å². The number of hydrogen-bond donors (Lipinski definition) is 0. The van der Waals surface area contributed by atoms with Crippen molar-refractivity contribution in [1.82, 2.24) is 0 Å². The molecule has 4 nitrogen and oxygen atoms in total. The maximum atomic E-state index is 12.6. The third-order valence-corrected chi connectivity index (χ3v) is 6.64. The molecule has 0 amide bonds. The first-order valence-electron chi connectivity index (χ1n) is 8.91. The molecule has 29 heavy (non-hydrogen) atoms. The Morgan fingerprint density at radius 3 is 2.10 bits per heavy atom. The lowest BCUT2D eigenvalue weighted by Gasteiger charge is -2.11. The minimum absolute atomic E-state index is 0.100. The van der Waals surface area contributed by atoms with E-state index in [-0.39, 0.29) is 10.6 Å². The van der Waals surface area contributed by atoms with Crippen LogP contribution < -0.4 is 4.18 Å². The van der Waals surface area contributed by atoms with Gasteiger partial charge in [-0.2, -0.15) is 8.42 Å². The van der Waals surface area contributed by atoms with Crippen LogP contribution in [-0.4, -0.2) is 14.6 Å². The van der Waals surface area contributed by atoms with Gasteiger partial charge in [0, 0.05) is 6.21 Å². The number of halogens is 2. The second kappa shape index (κ2) is 9.24. The Morgan fingerprint density at radius 2 is 1.55 bits per heavy atom.